The fraction of sp³-hybridized carbons (Fsp3) is 0.462. The first-order valence-corrected chi connectivity index (χ1v) is 11.6. The van der Waals surface area contributed by atoms with E-state index in [9.17, 15) is 9.59 Å². The summed E-state index contributed by atoms with van der Waals surface area (Å²) in [4.78, 5) is 30.9. The van der Waals surface area contributed by atoms with Crippen LogP contribution in [-0.2, 0) is 4.79 Å². The first-order valence-electron chi connectivity index (χ1n) is 11.6. The molecule has 2 aromatic carbocycles. The Morgan fingerprint density at radius 2 is 1.62 bits per heavy atom. The molecule has 2 heterocycles. The van der Waals surface area contributed by atoms with Gasteiger partial charge in [0.2, 0.25) is 5.91 Å². The van der Waals surface area contributed by atoms with E-state index in [4.69, 9.17) is 4.74 Å². The van der Waals surface area contributed by atoms with Gasteiger partial charge in [0.25, 0.3) is 5.91 Å². The summed E-state index contributed by atoms with van der Waals surface area (Å²) in [5.74, 6) is 1.05. The van der Waals surface area contributed by atoms with Gasteiger partial charge in [-0.2, -0.15) is 0 Å². The highest BCUT2D eigenvalue weighted by molar-refractivity contribution is 5.98. The number of benzene rings is 2. The summed E-state index contributed by atoms with van der Waals surface area (Å²) in [6.45, 7) is 5.08. The molecule has 6 heteroatoms. The maximum Gasteiger partial charge on any atom is 0.252 e. The average molecular weight is 436 g/mol. The molecule has 2 amide bonds. The van der Waals surface area contributed by atoms with Gasteiger partial charge in [0.1, 0.15) is 11.8 Å². The molecule has 2 fully saturated rings. The molecule has 2 aliphatic heterocycles. The Hall–Kier alpha value is -2.86. The number of amides is 2. The lowest BCUT2D eigenvalue weighted by atomic mass is 9.95. The van der Waals surface area contributed by atoms with Gasteiger partial charge in [0.05, 0.1) is 7.11 Å². The summed E-state index contributed by atoms with van der Waals surface area (Å²) in [5, 5.41) is 2.97. The van der Waals surface area contributed by atoms with E-state index < -0.39 is 6.04 Å². The molecule has 0 radical (unpaired) electrons. The normalized spacial score (nSPS) is 18.3. The third-order valence-corrected chi connectivity index (χ3v) is 6.65. The van der Waals surface area contributed by atoms with Gasteiger partial charge in [-0.15, -0.1) is 0 Å². The molecule has 2 aliphatic rings. The number of ether oxygens (including phenoxy) is 1. The second-order valence-electron chi connectivity index (χ2n) is 8.82. The fourth-order valence-electron chi connectivity index (χ4n) is 4.74. The fourth-order valence-corrected chi connectivity index (χ4v) is 4.74. The summed E-state index contributed by atoms with van der Waals surface area (Å²) in [5.41, 5.74) is 1.31. The van der Waals surface area contributed by atoms with Crippen LogP contribution in [0.3, 0.4) is 0 Å². The third-order valence-electron chi connectivity index (χ3n) is 6.65. The largest absolute Gasteiger partial charge is 0.497 e. The van der Waals surface area contributed by atoms with E-state index in [1.54, 1.807) is 31.4 Å². The molecule has 0 bridgehead atoms. The van der Waals surface area contributed by atoms with E-state index in [-0.39, 0.29) is 11.8 Å². The van der Waals surface area contributed by atoms with Crippen LogP contribution in [0.2, 0.25) is 0 Å². The van der Waals surface area contributed by atoms with Crippen molar-refractivity contribution >= 4 is 11.8 Å². The number of hydrogen-bond donors (Lipinski definition) is 1. The average Bonchev–Trinajstić information content (AvgIpc) is 3.36. The first-order chi connectivity index (χ1) is 15.6. The minimum absolute atomic E-state index is 0.0299. The molecule has 32 heavy (non-hydrogen) atoms. The van der Waals surface area contributed by atoms with Crippen molar-refractivity contribution in [3.8, 4) is 5.75 Å². The van der Waals surface area contributed by atoms with Crippen molar-refractivity contribution in [1.82, 2.24) is 15.1 Å². The lowest BCUT2D eigenvalue weighted by molar-refractivity contribution is -0.134. The zero-order valence-corrected chi connectivity index (χ0v) is 18.8. The van der Waals surface area contributed by atoms with Crippen LogP contribution in [0.1, 0.15) is 47.6 Å². The summed E-state index contributed by atoms with van der Waals surface area (Å²) >= 11 is 0. The predicted octanol–water partition coefficient (Wildman–Crippen LogP) is 3.50. The van der Waals surface area contributed by atoms with Crippen LogP contribution in [0.4, 0.5) is 0 Å². The summed E-state index contributed by atoms with van der Waals surface area (Å²) in [6, 6.07) is 15.7. The molecule has 0 saturated carbocycles. The van der Waals surface area contributed by atoms with Gasteiger partial charge in [-0.05, 0) is 74.5 Å². The third kappa shape index (κ3) is 5.49. The molecule has 1 N–H and O–H groups in total. The number of nitrogens with one attached hydrogen (secondary N) is 1. The van der Waals surface area contributed by atoms with Crippen LogP contribution in [0, 0.1) is 5.92 Å². The van der Waals surface area contributed by atoms with Crippen molar-refractivity contribution in [3.63, 3.8) is 0 Å². The number of methoxy groups -OCH3 is 1. The van der Waals surface area contributed by atoms with Crippen molar-refractivity contribution in [2.75, 3.05) is 39.8 Å². The van der Waals surface area contributed by atoms with E-state index >= 15 is 0 Å². The second-order valence-corrected chi connectivity index (χ2v) is 8.82. The number of carbonyl (C=O) groups excluding carboxylic acids is 2. The summed E-state index contributed by atoms with van der Waals surface area (Å²) < 4.78 is 5.17. The van der Waals surface area contributed by atoms with Gasteiger partial charge in [-0.3, -0.25) is 9.59 Å². The minimum Gasteiger partial charge on any atom is -0.497 e. The quantitative estimate of drug-likeness (QED) is 0.723. The number of carbonyl (C=O) groups is 2. The standard InChI is InChI=1S/C26H33N3O3/c1-32-23-11-9-22(10-12-23)25(30)27-24(21-7-3-2-4-8-21)26(31)29-17-13-20(14-18-29)19-28-15-5-6-16-28/h2-4,7-12,20,24H,5-6,13-19H2,1H3,(H,27,30)/t24-/m1/s1. The van der Waals surface area contributed by atoms with E-state index in [1.807, 2.05) is 35.2 Å². The number of likely N-dealkylation sites (tertiary alicyclic amines) is 2. The number of rotatable bonds is 7. The molecule has 170 valence electrons. The maximum atomic E-state index is 13.5. The van der Waals surface area contributed by atoms with Crippen LogP contribution in [0.25, 0.3) is 0 Å². The van der Waals surface area contributed by atoms with E-state index in [0.29, 0.717) is 17.2 Å². The highest BCUT2D eigenvalue weighted by Crippen LogP contribution is 2.24. The Morgan fingerprint density at radius 3 is 2.25 bits per heavy atom. The minimum atomic E-state index is -0.694. The lowest BCUT2D eigenvalue weighted by Crippen LogP contribution is -2.47. The molecule has 0 aromatic heterocycles. The molecule has 2 saturated heterocycles. The topological polar surface area (TPSA) is 61.9 Å². The van der Waals surface area contributed by atoms with Crippen molar-refractivity contribution in [1.29, 1.82) is 0 Å². The van der Waals surface area contributed by atoms with Gasteiger partial charge in [0, 0.05) is 25.2 Å². The van der Waals surface area contributed by atoms with E-state index in [2.05, 4.69) is 10.2 Å². The second kappa shape index (κ2) is 10.6. The zero-order chi connectivity index (χ0) is 22.3. The van der Waals surface area contributed by atoms with Crippen LogP contribution in [0.15, 0.2) is 54.6 Å². The Bertz CT molecular complexity index is 886. The van der Waals surface area contributed by atoms with Crippen molar-refractivity contribution in [3.05, 3.63) is 65.7 Å². The molecule has 6 nitrogen and oxygen atoms in total. The van der Waals surface area contributed by atoms with Crippen LogP contribution in [0.5, 0.6) is 5.75 Å². The summed E-state index contributed by atoms with van der Waals surface area (Å²) in [6.07, 6.45) is 4.67. The Balaban J connectivity index is 1.42. The number of nitrogens with zero attached hydrogens (tertiary/aromatic N) is 2. The Kier molecular flexibility index (Phi) is 7.43. The highest BCUT2D eigenvalue weighted by Gasteiger charge is 2.31. The Morgan fingerprint density at radius 1 is 0.969 bits per heavy atom. The maximum absolute atomic E-state index is 13.5. The smallest absolute Gasteiger partial charge is 0.252 e. The van der Waals surface area contributed by atoms with Crippen molar-refractivity contribution in [2.24, 2.45) is 5.92 Å². The molecular formula is C26H33N3O3. The SMILES string of the molecule is COc1ccc(C(=O)N[C@@H](C(=O)N2CCC(CN3CCCC3)CC2)c2ccccc2)cc1. The van der Waals surface area contributed by atoms with Crippen LogP contribution in [-0.4, -0.2) is 61.4 Å². The molecule has 1 atom stereocenters. The van der Waals surface area contributed by atoms with Crippen molar-refractivity contribution in [2.45, 2.75) is 31.7 Å². The lowest BCUT2D eigenvalue weighted by Gasteiger charge is -2.36. The first kappa shape index (κ1) is 22.3. The van der Waals surface area contributed by atoms with Crippen molar-refractivity contribution < 1.29 is 14.3 Å². The molecule has 0 unspecified atom stereocenters. The van der Waals surface area contributed by atoms with Gasteiger partial charge in [0.15, 0.2) is 0 Å². The van der Waals surface area contributed by atoms with Gasteiger partial charge in [-0.1, -0.05) is 30.3 Å². The molecule has 2 aromatic rings. The van der Waals surface area contributed by atoms with E-state index in [0.717, 1.165) is 38.0 Å². The Labute approximate surface area is 190 Å². The van der Waals surface area contributed by atoms with E-state index in [1.165, 1.54) is 25.9 Å². The van der Waals surface area contributed by atoms with Gasteiger partial charge >= 0.3 is 0 Å². The molecule has 4 rings (SSSR count). The summed E-state index contributed by atoms with van der Waals surface area (Å²) in [7, 11) is 1.59. The predicted molar refractivity (Wildman–Crippen MR) is 125 cm³/mol. The van der Waals surface area contributed by atoms with Gasteiger partial charge < -0.3 is 19.9 Å². The highest BCUT2D eigenvalue weighted by atomic mass is 16.5. The number of hydrogen-bond acceptors (Lipinski definition) is 4. The number of piperidine rings is 1. The molecule has 0 spiro atoms. The van der Waals surface area contributed by atoms with Crippen LogP contribution < -0.4 is 10.1 Å². The monoisotopic (exact) mass is 435 g/mol. The zero-order valence-electron chi connectivity index (χ0n) is 18.8. The van der Waals surface area contributed by atoms with Crippen LogP contribution >= 0.6 is 0 Å². The van der Waals surface area contributed by atoms with Gasteiger partial charge in [-0.25, -0.2) is 0 Å². The molecule has 0 aliphatic carbocycles. The molecular weight excluding hydrogens is 402 g/mol.